The molecular weight excluding hydrogens is 438 g/mol. The second-order valence-electron chi connectivity index (χ2n) is 7.54. The Kier molecular flexibility index (Phi) is 12.0. The smallest absolute Gasteiger partial charge is 0.326 e. The number of amides is 3. The predicted molar refractivity (Wildman–Crippen MR) is 115 cm³/mol. The summed E-state index contributed by atoms with van der Waals surface area (Å²) in [6, 6.07) is -5.28. The lowest BCUT2D eigenvalue weighted by Crippen LogP contribution is -2.60. The first-order valence-corrected chi connectivity index (χ1v) is 10.5. The second kappa shape index (κ2) is 14.2. The van der Waals surface area contributed by atoms with Crippen molar-refractivity contribution in [2.75, 3.05) is 13.2 Å². The van der Waals surface area contributed by atoms with E-state index in [1.54, 1.807) is 0 Å². The Morgan fingerprint density at radius 2 is 1.76 bits per heavy atom. The first kappa shape index (κ1) is 28.0. The molecule has 0 aromatic carbocycles. The monoisotopic (exact) mass is 471 g/mol. The molecule has 5 atom stereocenters. The standard InChI is InChI=1S/C19H33N7O7/c1-10(28)15(26-16(29)12(21)6-11-7-22-9-23-11)18(31)25-14(8-27)17(30)24-13(19(32)33)4-2-3-5-20/h7,9-10,12-15,27-28H,2-6,8,20-21H2,1H3,(H,22,23)(H,24,30)(H,25,31)(H,26,29)(H,32,33). The molecule has 0 radical (unpaired) electrons. The summed E-state index contributed by atoms with van der Waals surface area (Å²) in [5.41, 5.74) is 11.8. The van der Waals surface area contributed by atoms with Crippen molar-refractivity contribution >= 4 is 23.7 Å². The van der Waals surface area contributed by atoms with Crippen molar-refractivity contribution < 1.29 is 34.5 Å². The molecular formula is C19H33N7O7. The third-order valence-corrected chi connectivity index (χ3v) is 4.77. The van der Waals surface area contributed by atoms with Crippen molar-refractivity contribution in [3.8, 4) is 0 Å². The van der Waals surface area contributed by atoms with Gasteiger partial charge in [-0.25, -0.2) is 9.78 Å². The zero-order valence-electron chi connectivity index (χ0n) is 18.4. The third-order valence-electron chi connectivity index (χ3n) is 4.77. The molecule has 5 unspecified atom stereocenters. The molecule has 0 spiro atoms. The summed E-state index contributed by atoms with van der Waals surface area (Å²) >= 11 is 0. The zero-order chi connectivity index (χ0) is 25.0. The number of aliphatic carboxylic acids is 1. The number of aromatic nitrogens is 2. The Morgan fingerprint density at radius 3 is 2.27 bits per heavy atom. The lowest BCUT2D eigenvalue weighted by atomic mass is 10.1. The second-order valence-corrected chi connectivity index (χ2v) is 7.54. The first-order chi connectivity index (χ1) is 15.6. The molecule has 0 bridgehead atoms. The lowest BCUT2D eigenvalue weighted by Gasteiger charge is -2.25. The number of aliphatic hydroxyl groups is 2. The van der Waals surface area contributed by atoms with Crippen LogP contribution in [0.15, 0.2) is 12.5 Å². The number of carboxylic acid groups (broad SMARTS) is 1. The van der Waals surface area contributed by atoms with Gasteiger partial charge in [0, 0.05) is 18.3 Å². The van der Waals surface area contributed by atoms with E-state index < -0.39 is 60.6 Å². The number of rotatable bonds is 15. The Morgan fingerprint density at radius 1 is 1.09 bits per heavy atom. The van der Waals surface area contributed by atoms with Gasteiger partial charge in [-0.05, 0) is 32.7 Å². The Balaban J connectivity index is 2.74. The van der Waals surface area contributed by atoms with Crippen LogP contribution in [0.25, 0.3) is 0 Å². The van der Waals surface area contributed by atoms with Gasteiger partial charge in [-0.2, -0.15) is 0 Å². The van der Waals surface area contributed by atoms with Gasteiger partial charge in [-0.1, -0.05) is 0 Å². The van der Waals surface area contributed by atoms with E-state index in [1.165, 1.54) is 19.4 Å². The summed E-state index contributed by atoms with van der Waals surface area (Å²) in [7, 11) is 0. The minimum atomic E-state index is -1.51. The number of nitrogens with two attached hydrogens (primary N) is 2. The molecule has 1 heterocycles. The van der Waals surface area contributed by atoms with E-state index in [0.717, 1.165) is 0 Å². The summed E-state index contributed by atoms with van der Waals surface area (Å²) in [5, 5.41) is 35.5. The minimum absolute atomic E-state index is 0.0996. The number of carbonyl (C=O) groups is 4. The molecule has 0 aliphatic carbocycles. The number of imidazole rings is 1. The van der Waals surface area contributed by atoms with E-state index in [-0.39, 0.29) is 12.8 Å². The molecule has 0 aliphatic heterocycles. The molecule has 0 fully saturated rings. The first-order valence-electron chi connectivity index (χ1n) is 10.5. The highest BCUT2D eigenvalue weighted by Crippen LogP contribution is 2.03. The van der Waals surface area contributed by atoms with Crippen molar-refractivity contribution in [1.82, 2.24) is 25.9 Å². The highest BCUT2D eigenvalue weighted by molar-refractivity contribution is 5.94. The number of nitrogens with zero attached hydrogens (tertiary/aromatic N) is 1. The number of unbranched alkanes of at least 4 members (excludes halogenated alkanes) is 1. The molecule has 0 aliphatic rings. The van der Waals surface area contributed by atoms with Crippen LogP contribution in [0.4, 0.5) is 0 Å². The quantitative estimate of drug-likeness (QED) is 0.113. The van der Waals surface area contributed by atoms with Gasteiger partial charge < -0.3 is 47.7 Å². The molecule has 186 valence electrons. The largest absolute Gasteiger partial charge is 0.480 e. The molecule has 3 amide bonds. The maximum absolute atomic E-state index is 12.6. The van der Waals surface area contributed by atoms with Gasteiger partial charge in [0.15, 0.2) is 0 Å². The van der Waals surface area contributed by atoms with Crippen molar-refractivity contribution in [2.24, 2.45) is 11.5 Å². The normalized spacial score (nSPS) is 15.5. The highest BCUT2D eigenvalue weighted by atomic mass is 16.4. The van der Waals surface area contributed by atoms with Crippen molar-refractivity contribution in [2.45, 2.75) is 62.9 Å². The summed E-state index contributed by atoms with van der Waals surface area (Å²) < 4.78 is 0. The SMILES string of the molecule is CC(O)C(NC(=O)C(N)Cc1cnc[nH]1)C(=O)NC(CO)C(=O)NC(CCCCN)C(=O)O. The van der Waals surface area contributed by atoms with Gasteiger partial charge >= 0.3 is 5.97 Å². The average Bonchev–Trinajstić information content (AvgIpc) is 3.27. The molecule has 1 aromatic rings. The fraction of sp³-hybridized carbons (Fsp3) is 0.632. The van der Waals surface area contributed by atoms with Crippen LogP contribution in [0.5, 0.6) is 0 Å². The third kappa shape index (κ3) is 9.53. The Bertz CT molecular complexity index is 773. The van der Waals surface area contributed by atoms with Crippen LogP contribution in [0.2, 0.25) is 0 Å². The van der Waals surface area contributed by atoms with Crippen LogP contribution in [0.1, 0.15) is 31.9 Å². The van der Waals surface area contributed by atoms with Gasteiger partial charge in [0.05, 0.1) is 25.1 Å². The topological polar surface area (TPSA) is 246 Å². The van der Waals surface area contributed by atoms with Gasteiger partial charge in [0.2, 0.25) is 17.7 Å². The number of aliphatic hydroxyl groups excluding tert-OH is 2. The summed E-state index contributed by atoms with van der Waals surface area (Å²) in [4.78, 5) is 55.3. The number of nitrogens with one attached hydrogen (secondary N) is 4. The molecule has 0 saturated heterocycles. The number of carbonyl (C=O) groups excluding carboxylic acids is 3. The van der Waals surface area contributed by atoms with E-state index in [9.17, 15) is 34.5 Å². The van der Waals surface area contributed by atoms with E-state index in [4.69, 9.17) is 11.5 Å². The van der Waals surface area contributed by atoms with Crippen molar-refractivity contribution in [3.63, 3.8) is 0 Å². The predicted octanol–water partition coefficient (Wildman–Crippen LogP) is -3.68. The summed E-state index contributed by atoms with van der Waals surface area (Å²) in [5.74, 6) is -3.90. The van der Waals surface area contributed by atoms with Gasteiger partial charge in [0.1, 0.15) is 18.1 Å². The number of aromatic amines is 1. The summed E-state index contributed by atoms with van der Waals surface area (Å²) in [6.07, 6.45) is 2.78. The molecule has 11 N–H and O–H groups in total. The van der Waals surface area contributed by atoms with Crippen LogP contribution in [0.3, 0.4) is 0 Å². The van der Waals surface area contributed by atoms with Crippen LogP contribution < -0.4 is 27.4 Å². The van der Waals surface area contributed by atoms with Crippen LogP contribution >= 0.6 is 0 Å². The number of hydrogen-bond donors (Lipinski definition) is 9. The van der Waals surface area contributed by atoms with Crippen LogP contribution in [-0.4, -0.2) is 92.4 Å². The minimum Gasteiger partial charge on any atom is -0.480 e. The van der Waals surface area contributed by atoms with Crippen molar-refractivity contribution in [1.29, 1.82) is 0 Å². The number of hydrogen-bond acceptors (Lipinski definition) is 9. The fourth-order valence-electron chi connectivity index (χ4n) is 2.87. The van der Waals surface area contributed by atoms with E-state index >= 15 is 0 Å². The number of carboxylic acids is 1. The van der Waals surface area contributed by atoms with E-state index in [1.807, 2.05) is 0 Å². The molecule has 1 rings (SSSR count). The molecule has 14 nitrogen and oxygen atoms in total. The Labute approximate surface area is 190 Å². The maximum atomic E-state index is 12.6. The van der Waals surface area contributed by atoms with Crippen molar-refractivity contribution in [3.05, 3.63) is 18.2 Å². The van der Waals surface area contributed by atoms with Gasteiger partial charge in [0.25, 0.3) is 0 Å². The maximum Gasteiger partial charge on any atom is 0.326 e. The number of H-pyrrole nitrogens is 1. The summed E-state index contributed by atoms with van der Waals surface area (Å²) in [6.45, 7) is 0.775. The average molecular weight is 472 g/mol. The fourth-order valence-corrected chi connectivity index (χ4v) is 2.87. The van der Waals surface area contributed by atoms with E-state index in [0.29, 0.717) is 25.1 Å². The van der Waals surface area contributed by atoms with Gasteiger partial charge in [-0.15, -0.1) is 0 Å². The molecule has 1 aromatic heterocycles. The highest BCUT2D eigenvalue weighted by Gasteiger charge is 2.32. The van der Waals surface area contributed by atoms with Gasteiger partial charge in [-0.3, -0.25) is 14.4 Å². The van der Waals surface area contributed by atoms with E-state index in [2.05, 4.69) is 25.9 Å². The lowest BCUT2D eigenvalue weighted by molar-refractivity contribution is -0.143. The van der Waals surface area contributed by atoms with Crippen LogP contribution in [-0.2, 0) is 25.6 Å². The Hall–Kier alpha value is -3.07. The zero-order valence-corrected chi connectivity index (χ0v) is 18.4. The molecule has 14 heteroatoms. The molecule has 0 saturated carbocycles. The van der Waals surface area contributed by atoms with Crippen LogP contribution in [0, 0.1) is 0 Å². The molecule has 33 heavy (non-hydrogen) atoms.